The predicted molar refractivity (Wildman–Crippen MR) is 99.1 cm³/mol. The highest BCUT2D eigenvalue weighted by Crippen LogP contribution is 2.38. The first-order valence-corrected chi connectivity index (χ1v) is 9.39. The van der Waals surface area contributed by atoms with Gasteiger partial charge in [0.2, 0.25) is 0 Å². The fourth-order valence-corrected chi connectivity index (χ4v) is 5.16. The molecule has 2 aromatic heterocycles. The van der Waals surface area contributed by atoms with Crippen molar-refractivity contribution in [1.29, 1.82) is 5.26 Å². The third-order valence-electron chi connectivity index (χ3n) is 4.96. The lowest BCUT2D eigenvalue weighted by atomic mass is 9.96. The molecule has 7 heteroatoms. The first-order valence-electron chi connectivity index (χ1n) is 8.57. The molecule has 1 saturated heterocycles. The number of amides is 3. The van der Waals surface area contributed by atoms with E-state index in [1.807, 2.05) is 19.9 Å². The van der Waals surface area contributed by atoms with Gasteiger partial charge in [-0.15, -0.1) is 11.3 Å². The Bertz CT molecular complexity index is 1020. The molecule has 1 fully saturated rings. The summed E-state index contributed by atoms with van der Waals surface area (Å²) in [5, 5.41) is 15.4. The van der Waals surface area contributed by atoms with E-state index in [9.17, 15) is 14.9 Å². The molecular formula is C19H18N4O2S. The number of hydrogen-bond donors (Lipinski definition) is 2. The van der Waals surface area contributed by atoms with Crippen LogP contribution in [-0.4, -0.2) is 16.5 Å². The molecule has 0 saturated carbocycles. The fraction of sp³-hybridized carbons (Fsp3) is 0.316. The van der Waals surface area contributed by atoms with E-state index < -0.39 is 11.9 Å². The molecular weight excluding hydrogens is 348 g/mol. The van der Waals surface area contributed by atoms with E-state index in [0.29, 0.717) is 0 Å². The maximum Gasteiger partial charge on any atom is 0.326 e. The number of rotatable bonds is 2. The van der Waals surface area contributed by atoms with Gasteiger partial charge in [-0.1, -0.05) is 0 Å². The lowest BCUT2D eigenvalue weighted by Gasteiger charge is -2.10. The number of hydrogen-bond acceptors (Lipinski definition) is 4. The van der Waals surface area contributed by atoms with E-state index >= 15 is 0 Å². The van der Waals surface area contributed by atoms with Crippen LogP contribution in [0.4, 0.5) is 4.79 Å². The largest absolute Gasteiger partial charge is 0.326 e. The molecule has 132 valence electrons. The highest BCUT2D eigenvalue weighted by atomic mass is 32.1. The van der Waals surface area contributed by atoms with Gasteiger partial charge in [-0.05, 0) is 62.8 Å². The van der Waals surface area contributed by atoms with E-state index in [2.05, 4.69) is 21.3 Å². The maximum atomic E-state index is 11.8. The zero-order chi connectivity index (χ0) is 18.4. The van der Waals surface area contributed by atoms with Crippen LogP contribution in [0.2, 0.25) is 0 Å². The van der Waals surface area contributed by atoms with Gasteiger partial charge in [0.25, 0.3) is 5.91 Å². The van der Waals surface area contributed by atoms with Crippen molar-refractivity contribution >= 4 is 29.4 Å². The monoisotopic (exact) mass is 366 g/mol. The summed E-state index contributed by atoms with van der Waals surface area (Å²) in [5.41, 5.74) is 5.01. The van der Waals surface area contributed by atoms with Gasteiger partial charge in [-0.3, -0.25) is 10.1 Å². The van der Waals surface area contributed by atoms with Crippen molar-refractivity contribution in [3.05, 3.63) is 44.7 Å². The van der Waals surface area contributed by atoms with Crippen molar-refractivity contribution in [3.63, 3.8) is 0 Å². The maximum absolute atomic E-state index is 11.8. The summed E-state index contributed by atoms with van der Waals surface area (Å²) in [5.74, 6) is -0.427. The number of nitrogens with one attached hydrogen (secondary N) is 2. The minimum Gasteiger partial charge on any atom is -0.308 e. The lowest BCUT2D eigenvalue weighted by Crippen LogP contribution is -2.22. The van der Waals surface area contributed by atoms with Gasteiger partial charge < -0.3 is 9.88 Å². The molecule has 0 bridgehead atoms. The molecule has 0 atom stereocenters. The Morgan fingerprint density at radius 2 is 2.00 bits per heavy atom. The van der Waals surface area contributed by atoms with Gasteiger partial charge >= 0.3 is 6.03 Å². The zero-order valence-corrected chi connectivity index (χ0v) is 15.4. The topological polar surface area (TPSA) is 86.9 Å². The van der Waals surface area contributed by atoms with Gasteiger partial charge in [-0.25, -0.2) is 4.79 Å². The normalized spacial score (nSPS) is 17.8. The molecule has 6 nitrogen and oxygen atoms in total. The second-order valence-electron chi connectivity index (χ2n) is 6.63. The minimum absolute atomic E-state index is 0.237. The van der Waals surface area contributed by atoms with Crippen molar-refractivity contribution in [2.24, 2.45) is 0 Å². The summed E-state index contributed by atoms with van der Waals surface area (Å²) in [6.45, 7) is 3.95. The zero-order valence-electron chi connectivity index (χ0n) is 14.6. The van der Waals surface area contributed by atoms with E-state index in [4.69, 9.17) is 0 Å². The second kappa shape index (κ2) is 6.15. The molecule has 0 spiro atoms. The number of imide groups is 1. The number of aromatic nitrogens is 1. The van der Waals surface area contributed by atoms with Gasteiger partial charge in [-0.2, -0.15) is 5.26 Å². The minimum atomic E-state index is -0.507. The number of nitrogens with zero attached hydrogens (tertiary/aromatic N) is 2. The highest BCUT2D eigenvalue weighted by molar-refractivity contribution is 7.15. The average molecular weight is 366 g/mol. The molecule has 0 aromatic carbocycles. The number of carbonyl (C=O) groups is 2. The van der Waals surface area contributed by atoms with Gasteiger partial charge in [0.1, 0.15) is 16.8 Å². The van der Waals surface area contributed by atoms with E-state index in [-0.39, 0.29) is 5.70 Å². The molecule has 26 heavy (non-hydrogen) atoms. The first-order chi connectivity index (χ1) is 12.5. The number of fused-ring (bicyclic) bond motifs is 1. The number of nitriles is 1. The van der Waals surface area contributed by atoms with Crippen LogP contribution < -0.4 is 10.6 Å². The number of thiophene rings is 1. The number of urea groups is 1. The summed E-state index contributed by atoms with van der Waals surface area (Å²) < 4.78 is 2.09. The number of aryl methyl sites for hydroxylation is 2. The van der Waals surface area contributed by atoms with Crippen molar-refractivity contribution < 1.29 is 9.59 Å². The molecule has 0 radical (unpaired) electrons. The Labute approximate surface area is 155 Å². The van der Waals surface area contributed by atoms with Crippen LogP contribution in [-0.2, 0) is 17.6 Å². The Morgan fingerprint density at radius 3 is 2.69 bits per heavy atom. The molecule has 0 unspecified atom stereocenters. The first kappa shape index (κ1) is 16.6. The van der Waals surface area contributed by atoms with Gasteiger partial charge in [0.05, 0.1) is 5.56 Å². The smallest absolute Gasteiger partial charge is 0.308 e. The fourth-order valence-electron chi connectivity index (χ4n) is 3.71. The second-order valence-corrected chi connectivity index (χ2v) is 7.71. The van der Waals surface area contributed by atoms with E-state index in [1.54, 1.807) is 17.4 Å². The third kappa shape index (κ3) is 2.54. The molecule has 1 aliphatic heterocycles. The standard InChI is InChI=1S/C19H18N4O2S/c1-10-7-12(8-15-17(24)22-19(25)21-15)11(2)23(10)18-14(9-20)13-5-3-4-6-16(13)26-18/h7-8H,3-6H2,1-2H3,(H2,21,22,24,25)/b15-8+. The quantitative estimate of drug-likeness (QED) is 0.632. The van der Waals surface area contributed by atoms with Crippen LogP contribution in [0, 0.1) is 25.2 Å². The Kier molecular flexibility index (Phi) is 3.93. The Balaban J connectivity index is 1.83. The lowest BCUT2D eigenvalue weighted by molar-refractivity contribution is -0.115. The van der Waals surface area contributed by atoms with Crippen LogP contribution >= 0.6 is 11.3 Å². The molecule has 1 aliphatic carbocycles. The summed E-state index contributed by atoms with van der Waals surface area (Å²) >= 11 is 1.70. The van der Waals surface area contributed by atoms with Crippen LogP contribution in [0.15, 0.2) is 11.8 Å². The van der Waals surface area contributed by atoms with Crippen molar-refractivity contribution in [2.75, 3.05) is 0 Å². The van der Waals surface area contributed by atoms with E-state index in [0.717, 1.165) is 46.8 Å². The molecule has 3 amide bonds. The number of carbonyl (C=O) groups excluding carboxylic acids is 2. The summed E-state index contributed by atoms with van der Waals surface area (Å²) in [6, 6.07) is 3.87. The van der Waals surface area contributed by atoms with Crippen LogP contribution in [0.25, 0.3) is 11.1 Å². The van der Waals surface area contributed by atoms with Crippen molar-refractivity contribution in [1.82, 2.24) is 15.2 Å². The average Bonchev–Trinajstić information content (AvgIpc) is 3.21. The van der Waals surface area contributed by atoms with Crippen molar-refractivity contribution in [2.45, 2.75) is 39.5 Å². The Hall–Kier alpha value is -2.85. The highest BCUT2D eigenvalue weighted by Gasteiger charge is 2.26. The van der Waals surface area contributed by atoms with Crippen LogP contribution in [0.3, 0.4) is 0 Å². The van der Waals surface area contributed by atoms with E-state index in [1.165, 1.54) is 16.9 Å². The van der Waals surface area contributed by atoms with Crippen molar-refractivity contribution in [3.8, 4) is 11.1 Å². The molecule has 4 rings (SSSR count). The van der Waals surface area contributed by atoms with Gasteiger partial charge in [0.15, 0.2) is 0 Å². The predicted octanol–water partition coefficient (Wildman–Crippen LogP) is 3.09. The SMILES string of the molecule is Cc1cc(/C=C2/NC(=O)NC2=O)c(C)n1-c1sc2c(c1C#N)CCCC2. The van der Waals surface area contributed by atoms with Gasteiger partial charge in [0, 0.05) is 16.3 Å². The summed E-state index contributed by atoms with van der Waals surface area (Å²) in [4.78, 5) is 24.4. The molecule has 3 heterocycles. The third-order valence-corrected chi connectivity index (χ3v) is 6.23. The van der Waals surface area contributed by atoms with Crippen LogP contribution in [0.1, 0.15) is 45.8 Å². The summed E-state index contributed by atoms with van der Waals surface area (Å²) in [6.07, 6.45) is 5.99. The molecule has 2 N–H and O–H groups in total. The Morgan fingerprint density at radius 1 is 1.23 bits per heavy atom. The van der Waals surface area contributed by atoms with Crippen LogP contribution in [0.5, 0.6) is 0 Å². The summed E-state index contributed by atoms with van der Waals surface area (Å²) in [7, 11) is 0. The molecule has 2 aliphatic rings. The molecule has 2 aromatic rings.